The molecule has 0 saturated carbocycles. The van der Waals surface area contributed by atoms with Crippen molar-refractivity contribution in [3.05, 3.63) is 29.8 Å². The molecule has 1 N–H and O–H groups in total. The maximum Gasteiger partial charge on any atom is 0.416 e. The summed E-state index contributed by atoms with van der Waals surface area (Å²) in [5.74, 6) is 0.0839. The predicted octanol–water partition coefficient (Wildman–Crippen LogP) is 2.75. The largest absolute Gasteiger partial charge is 0.447 e. The summed E-state index contributed by atoms with van der Waals surface area (Å²) in [6.07, 6.45) is -3.79. The molecule has 28 heavy (non-hydrogen) atoms. The van der Waals surface area contributed by atoms with Gasteiger partial charge in [-0.05, 0) is 42.6 Å². The van der Waals surface area contributed by atoms with Gasteiger partial charge in [-0.25, -0.2) is 9.10 Å². The van der Waals surface area contributed by atoms with Gasteiger partial charge in [0.1, 0.15) is 6.61 Å². The molecule has 1 aromatic rings. The van der Waals surface area contributed by atoms with Gasteiger partial charge in [0, 0.05) is 42.9 Å². The Balaban J connectivity index is 1.17. The van der Waals surface area contributed by atoms with E-state index >= 15 is 0 Å². The van der Waals surface area contributed by atoms with E-state index < -0.39 is 17.8 Å². The SMILES string of the molecule is O=C1NC(CCC(=O)N2CC3(CN(Sc4ccc(C(F)(F)F)cc4)C3)C2)CO1. The van der Waals surface area contributed by atoms with Crippen molar-refractivity contribution in [3.8, 4) is 0 Å². The van der Waals surface area contributed by atoms with Gasteiger partial charge < -0.3 is 15.0 Å². The number of halogens is 3. The quantitative estimate of drug-likeness (QED) is 0.750. The van der Waals surface area contributed by atoms with Crippen LogP contribution in [-0.4, -0.2) is 60.0 Å². The Kier molecular flexibility index (Phi) is 4.95. The summed E-state index contributed by atoms with van der Waals surface area (Å²) in [4.78, 5) is 25.8. The van der Waals surface area contributed by atoms with E-state index in [0.29, 0.717) is 32.5 Å². The molecule has 1 unspecified atom stereocenters. The van der Waals surface area contributed by atoms with E-state index in [4.69, 9.17) is 4.74 Å². The minimum atomic E-state index is -4.32. The Labute approximate surface area is 164 Å². The molecular weight excluding hydrogens is 395 g/mol. The Morgan fingerprint density at radius 2 is 1.89 bits per heavy atom. The smallest absolute Gasteiger partial charge is 0.416 e. The molecule has 1 aromatic carbocycles. The van der Waals surface area contributed by atoms with Crippen LogP contribution in [0.2, 0.25) is 0 Å². The highest BCUT2D eigenvalue weighted by atomic mass is 32.2. The number of nitrogens with zero attached hydrogens (tertiary/aromatic N) is 2. The van der Waals surface area contributed by atoms with Crippen molar-refractivity contribution in [2.75, 3.05) is 32.8 Å². The lowest BCUT2D eigenvalue weighted by atomic mass is 9.74. The van der Waals surface area contributed by atoms with Gasteiger partial charge in [0.2, 0.25) is 5.91 Å². The summed E-state index contributed by atoms with van der Waals surface area (Å²) in [5, 5.41) is 2.66. The zero-order valence-corrected chi connectivity index (χ0v) is 15.8. The third-order valence-electron chi connectivity index (χ3n) is 5.29. The Morgan fingerprint density at radius 1 is 1.21 bits per heavy atom. The minimum Gasteiger partial charge on any atom is -0.447 e. The molecule has 2 amide bonds. The van der Waals surface area contributed by atoms with Crippen LogP contribution in [0.1, 0.15) is 18.4 Å². The zero-order chi connectivity index (χ0) is 19.9. The highest BCUT2D eigenvalue weighted by Crippen LogP contribution is 2.44. The number of hydrogen-bond donors (Lipinski definition) is 1. The number of carbonyl (C=O) groups is 2. The lowest BCUT2D eigenvalue weighted by Gasteiger charge is -2.59. The Morgan fingerprint density at radius 3 is 2.46 bits per heavy atom. The van der Waals surface area contributed by atoms with Crippen LogP contribution in [0.3, 0.4) is 0 Å². The standard InChI is InChI=1S/C18H20F3N3O3S/c19-18(20,21)12-1-4-14(5-2-12)28-24-10-17(11-24)8-23(9-17)15(25)6-3-13-7-27-16(26)22-13/h1-2,4-5,13H,3,6-11H2,(H,22,26). The van der Waals surface area contributed by atoms with Crippen LogP contribution >= 0.6 is 11.9 Å². The first-order chi connectivity index (χ1) is 13.2. The van der Waals surface area contributed by atoms with Gasteiger partial charge in [-0.1, -0.05) is 0 Å². The normalized spacial score (nSPS) is 23.8. The number of ether oxygens (including phenoxy) is 1. The molecular formula is C18H20F3N3O3S. The van der Waals surface area contributed by atoms with Crippen molar-refractivity contribution in [3.63, 3.8) is 0 Å². The lowest BCUT2D eigenvalue weighted by molar-refractivity contribution is -0.151. The average molecular weight is 415 g/mol. The van der Waals surface area contributed by atoms with Crippen LogP contribution < -0.4 is 5.32 Å². The molecule has 3 aliphatic heterocycles. The van der Waals surface area contributed by atoms with Gasteiger partial charge in [0.05, 0.1) is 11.6 Å². The number of alkyl halides is 3. The van der Waals surface area contributed by atoms with E-state index in [1.165, 1.54) is 24.1 Å². The zero-order valence-electron chi connectivity index (χ0n) is 15.0. The molecule has 10 heteroatoms. The van der Waals surface area contributed by atoms with Gasteiger partial charge in [0.25, 0.3) is 0 Å². The fourth-order valence-corrected chi connectivity index (χ4v) is 5.03. The van der Waals surface area contributed by atoms with Crippen LogP contribution in [-0.2, 0) is 15.7 Å². The number of likely N-dealkylation sites (tertiary alicyclic amines) is 1. The van der Waals surface area contributed by atoms with Crippen molar-refractivity contribution < 1.29 is 27.5 Å². The number of benzene rings is 1. The van der Waals surface area contributed by atoms with E-state index in [-0.39, 0.29) is 17.4 Å². The topological polar surface area (TPSA) is 61.9 Å². The molecule has 0 radical (unpaired) electrons. The van der Waals surface area contributed by atoms with Crippen molar-refractivity contribution >= 4 is 23.9 Å². The molecule has 0 aliphatic carbocycles. The molecule has 1 atom stereocenters. The lowest BCUT2D eigenvalue weighted by Crippen LogP contribution is -2.71. The van der Waals surface area contributed by atoms with Crippen molar-refractivity contribution in [2.45, 2.75) is 30.0 Å². The molecule has 0 bridgehead atoms. The molecule has 3 aliphatic rings. The van der Waals surface area contributed by atoms with Crippen molar-refractivity contribution in [2.24, 2.45) is 5.41 Å². The monoisotopic (exact) mass is 415 g/mol. The molecule has 1 spiro atoms. The highest BCUT2D eigenvalue weighted by molar-refractivity contribution is 7.97. The van der Waals surface area contributed by atoms with Crippen LogP contribution in [0.5, 0.6) is 0 Å². The summed E-state index contributed by atoms with van der Waals surface area (Å²) in [6, 6.07) is 5.08. The first kappa shape index (κ1) is 19.4. The fraction of sp³-hybridized carbons (Fsp3) is 0.556. The first-order valence-corrected chi connectivity index (χ1v) is 9.81. The van der Waals surface area contributed by atoms with Crippen LogP contribution in [0, 0.1) is 5.41 Å². The summed E-state index contributed by atoms with van der Waals surface area (Å²) in [7, 11) is 0. The van der Waals surface area contributed by atoms with Crippen LogP contribution in [0.15, 0.2) is 29.2 Å². The molecule has 3 heterocycles. The molecule has 3 fully saturated rings. The summed E-state index contributed by atoms with van der Waals surface area (Å²) in [5.41, 5.74) is -0.534. The van der Waals surface area contributed by atoms with Gasteiger partial charge in [-0.15, -0.1) is 0 Å². The Bertz CT molecular complexity index is 758. The van der Waals surface area contributed by atoms with E-state index in [2.05, 4.69) is 9.62 Å². The first-order valence-electron chi connectivity index (χ1n) is 9.04. The van der Waals surface area contributed by atoms with E-state index in [1.807, 2.05) is 4.90 Å². The maximum atomic E-state index is 12.6. The van der Waals surface area contributed by atoms with Crippen molar-refractivity contribution in [1.82, 2.24) is 14.5 Å². The number of amides is 2. The van der Waals surface area contributed by atoms with Gasteiger partial charge in [-0.3, -0.25) is 4.79 Å². The number of carbonyl (C=O) groups excluding carboxylic acids is 2. The number of hydrogen-bond acceptors (Lipinski definition) is 5. The highest BCUT2D eigenvalue weighted by Gasteiger charge is 2.53. The van der Waals surface area contributed by atoms with E-state index in [1.54, 1.807) is 0 Å². The summed E-state index contributed by atoms with van der Waals surface area (Å²) < 4.78 is 44.7. The molecule has 4 rings (SSSR count). The number of alkyl carbamates (subject to hydrolysis) is 1. The van der Waals surface area contributed by atoms with Gasteiger partial charge >= 0.3 is 12.3 Å². The summed E-state index contributed by atoms with van der Waals surface area (Å²) >= 11 is 1.45. The summed E-state index contributed by atoms with van der Waals surface area (Å²) in [6.45, 7) is 3.36. The second-order valence-electron chi connectivity index (χ2n) is 7.64. The van der Waals surface area contributed by atoms with Gasteiger partial charge in [-0.2, -0.15) is 13.2 Å². The van der Waals surface area contributed by atoms with E-state index in [0.717, 1.165) is 30.1 Å². The molecule has 0 aromatic heterocycles. The van der Waals surface area contributed by atoms with Crippen LogP contribution in [0.25, 0.3) is 0 Å². The molecule has 152 valence electrons. The predicted molar refractivity (Wildman–Crippen MR) is 95.4 cm³/mol. The number of rotatable bonds is 5. The van der Waals surface area contributed by atoms with Crippen molar-refractivity contribution in [1.29, 1.82) is 0 Å². The maximum absolute atomic E-state index is 12.6. The number of cyclic esters (lactones) is 1. The molecule has 6 nitrogen and oxygen atoms in total. The third-order valence-corrected chi connectivity index (χ3v) is 6.29. The molecule has 3 saturated heterocycles. The Hall–Kier alpha value is -1.94. The number of nitrogens with one attached hydrogen (secondary N) is 1. The van der Waals surface area contributed by atoms with Crippen LogP contribution in [0.4, 0.5) is 18.0 Å². The van der Waals surface area contributed by atoms with E-state index in [9.17, 15) is 22.8 Å². The third kappa shape index (κ3) is 4.07. The average Bonchev–Trinajstić information content (AvgIpc) is 2.98. The second-order valence-corrected chi connectivity index (χ2v) is 8.81. The fourth-order valence-electron chi connectivity index (χ4n) is 3.80. The van der Waals surface area contributed by atoms with Gasteiger partial charge in [0.15, 0.2) is 0 Å². The minimum absolute atomic E-state index is 0.0839. The second kappa shape index (κ2) is 7.14.